The van der Waals surface area contributed by atoms with Gasteiger partial charge in [-0.05, 0) is 34.7 Å². The summed E-state index contributed by atoms with van der Waals surface area (Å²) in [6.07, 6.45) is 1.73. The largest absolute Gasteiger partial charge is 0.236 e. The first-order chi connectivity index (χ1) is 6.45. The van der Waals surface area contributed by atoms with Crippen molar-refractivity contribution in [2.45, 2.75) is 0 Å². The summed E-state index contributed by atoms with van der Waals surface area (Å²) in [6.45, 7) is 0. The predicted molar refractivity (Wildman–Crippen MR) is 46.1 cm³/mol. The van der Waals surface area contributed by atoms with Gasteiger partial charge in [-0.1, -0.05) is 0 Å². The Kier molecular flexibility index (Phi) is 1.11. The van der Waals surface area contributed by atoms with Gasteiger partial charge in [-0.25, -0.2) is 4.98 Å². The Labute approximate surface area is 73.0 Å². The molecule has 0 unspecified atom stereocenters. The molecule has 0 aliphatic rings. The van der Waals surface area contributed by atoms with Crippen LogP contribution in [0.1, 0.15) is 0 Å². The second-order valence-corrected chi connectivity index (χ2v) is 2.70. The topological polar surface area (TPSA) is 56.0 Å². The van der Waals surface area contributed by atoms with Gasteiger partial charge in [0.25, 0.3) is 0 Å². The van der Waals surface area contributed by atoms with Gasteiger partial charge in [-0.3, -0.25) is 0 Å². The van der Waals surface area contributed by atoms with Crippen molar-refractivity contribution in [3.8, 4) is 0 Å². The summed E-state index contributed by atoms with van der Waals surface area (Å²) in [7, 11) is 0. The molecule has 5 nitrogen and oxygen atoms in total. The zero-order chi connectivity index (χ0) is 8.67. The van der Waals surface area contributed by atoms with Crippen molar-refractivity contribution in [1.29, 1.82) is 0 Å². The van der Waals surface area contributed by atoms with Crippen molar-refractivity contribution >= 4 is 16.7 Å². The van der Waals surface area contributed by atoms with Crippen molar-refractivity contribution in [2.24, 2.45) is 0 Å². The zero-order valence-electron chi connectivity index (χ0n) is 6.62. The highest BCUT2D eigenvalue weighted by atomic mass is 15.5. The molecule has 0 spiro atoms. The van der Waals surface area contributed by atoms with Crippen molar-refractivity contribution in [2.75, 3.05) is 0 Å². The molecule has 0 radical (unpaired) electrons. The molecule has 62 valence electrons. The molecule has 0 bridgehead atoms. The summed E-state index contributed by atoms with van der Waals surface area (Å²) < 4.78 is 1.62. The van der Waals surface area contributed by atoms with E-state index in [1.165, 1.54) is 0 Å². The van der Waals surface area contributed by atoms with Crippen molar-refractivity contribution in [3.05, 3.63) is 30.5 Å². The molecule has 0 N–H and O–H groups in total. The SMILES string of the molecule is c1cnc2c(c1)ccc1nnnn12. The summed E-state index contributed by atoms with van der Waals surface area (Å²) in [4.78, 5) is 4.20. The minimum atomic E-state index is 0.714. The van der Waals surface area contributed by atoms with Crippen LogP contribution in [0.2, 0.25) is 0 Å². The van der Waals surface area contributed by atoms with Gasteiger partial charge >= 0.3 is 0 Å². The van der Waals surface area contributed by atoms with Crippen molar-refractivity contribution < 1.29 is 0 Å². The van der Waals surface area contributed by atoms with E-state index >= 15 is 0 Å². The molecule has 0 saturated carbocycles. The third kappa shape index (κ3) is 0.807. The van der Waals surface area contributed by atoms with E-state index in [9.17, 15) is 0 Å². The van der Waals surface area contributed by atoms with Gasteiger partial charge in [-0.2, -0.15) is 4.52 Å². The maximum atomic E-state index is 4.20. The number of aromatic nitrogens is 5. The molecule has 0 aliphatic carbocycles. The molecule has 3 aromatic heterocycles. The number of fused-ring (bicyclic) bond motifs is 3. The molecule has 3 rings (SSSR count). The lowest BCUT2D eigenvalue weighted by Crippen LogP contribution is -1.92. The number of rotatable bonds is 0. The number of nitrogens with zero attached hydrogens (tertiary/aromatic N) is 5. The van der Waals surface area contributed by atoms with Crippen LogP contribution in [-0.4, -0.2) is 25.0 Å². The number of pyridine rings is 2. The fourth-order valence-electron chi connectivity index (χ4n) is 1.33. The zero-order valence-corrected chi connectivity index (χ0v) is 6.62. The van der Waals surface area contributed by atoms with Crippen LogP contribution in [0.5, 0.6) is 0 Å². The molecule has 3 heterocycles. The number of tetrazole rings is 1. The van der Waals surface area contributed by atoms with Gasteiger partial charge in [0, 0.05) is 11.6 Å². The molecular weight excluding hydrogens is 166 g/mol. The molecule has 3 aromatic rings. The molecule has 13 heavy (non-hydrogen) atoms. The van der Waals surface area contributed by atoms with Crippen LogP contribution in [0.3, 0.4) is 0 Å². The molecule has 0 aliphatic heterocycles. The smallest absolute Gasteiger partial charge is 0.181 e. The number of hydrogen-bond donors (Lipinski definition) is 0. The van der Waals surface area contributed by atoms with Gasteiger partial charge in [0.15, 0.2) is 11.3 Å². The van der Waals surface area contributed by atoms with Crippen LogP contribution >= 0.6 is 0 Å². The minimum Gasteiger partial charge on any atom is -0.236 e. The fourth-order valence-corrected chi connectivity index (χ4v) is 1.33. The van der Waals surface area contributed by atoms with E-state index in [0.717, 1.165) is 11.0 Å². The molecule has 0 aromatic carbocycles. The first kappa shape index (κ1) is 6.47. The predicted octanol–water partition coefficient (Wildman–Crippen LogP) is 0.672. The second-order valence-electron chi connectivity index (χ2n) is 2.70. The average molecular weight is 171 g/mol. The van der Waals surface area contributed by atoms with Gasteiger partial charge in [-0.15, -0.1) is 5.10 Å². The van der Waals surface area contributed by atoms with E-state index in [-0.39, 0.29) is 0 Å². The van der Waals surface area contributed by atoms with E-state index in [0.29, 0.717) is 5.65 Å². The highest BCUT2D eigenvalue weighted by molar-refractivity contribution is 5.77. The Morgan fingerprint density at radius 1 is 1.15 bits per heavy atom. The molecule has 5 heteroatoms. The molecule has 0 fully saturated rings. The van der Waals surface area contributed by atoms with Crippen LogP contribution in [0.15, 0.2) is 30.5 Å². The summed E-state index contributed by atoms with van der Waals surface area (Å²) in [5, 5.41) is 12.3. The normalized spacial score (nSPS) is 11.1. The van der Waals surface area contributed by atoms with Crippen molar-refractivity contribution in [1.82, 2.24) is 25.0 Å². The van der Waals surface area contributed by atoms with E-state index in [2.05, 4.69) is 20.5 Å². The summed E-state index contributed by atoms with van der Waals surface area (Å²) in [6, 6.07) is 7.68. The highest BCUT2D eigenvalue weighted by Crippen LogP contribution is 2.10. The van der Waals surface area contributed by atoms with E-state index < -0.39 is 0 Å². The average Bonchev–Trinajstić information content (AvgIpc) is 2.65. The van der Waals surface area contributed by atoms with Crippen LogP contribution < -0.4 is 0 Å². The molecule has 0 amide bonds. The summed E-state index contributed by atoms with van der Waals surface area (Å²) in [5.41, 5.74) is 1.50. The standard InChI is InChI=1S/C8H5N5/c1-2-6-3-4-7-10-11-12-13(7)8(6)9-5-1/h1-5H. The highest BCUT2D eigenvalue weighted by Gasteiger charge is 2.01. The summed E-state index contributed by atoms with van der Waals surface area (Å²) in [5.74, 6) is 0. The maximum Gasteiger partial charge on any atom is 0.181 e. The quantitative estimate of drug-likeness (QED) is 0.499. The second kappa shape index (κ2) is 2.22. The van der Waals surface area contributed by atoms with Crippen LogP contribution in [0.25, 0.3) is 16.7 Å². The Balaban J connectivity index is 2.65. The lowest BCUT2D eigenvalue weighted by atomic mass is 10.3. The Hall–Kier alpha value is -2.04. The van der Waals surface area contributed by atoms with E-state index in [1.807, 2.05) is 24.3 Å². The molecule has 0 saturated heterocycles. The molecule has 0 atom stereocenters. The Bertz CT molecular complexity index is 571. The maximum absolute atomic E-state index is 4.20. The fraction of sp³-hybridized carbons (Fsp3) is 0. The lowest BCUT2D eigenvalue weighted by Gasteiger charge is -1.95. The van der Waals surface area contributed by atoms with E-state index in [4.69, 9.17) is 0 Å². The third-order valence-corrected chi connectivity index (χ3v) is 1.92. The third-order valence-electron chi connectivity index (χ3n) is 1.92. The Morgan fingerprint density at radius 3 is 3.15 bits per heavy atom. The molecular formula is C8H5N5. The van der Waals surface area contributed by atoms with Gasteiger partial charge in [0.1, 0.15) is 0 Å². The monoisotopic (exact) mass is 171 g/mol. The minimum absolute atomic E-state index is 0.714. The van der Waals surface area contributed by atoms with Gasteiger partial charge in [0.05, 0.1) is 0 Å². The van der Waals surface area contributed by atoms with Crippen LogP contribution in [0, 0.1) is 0 Å². The van der Waals surface area contributed by atoms with E-state index in [1.54, 1.807) is 10.7 Å². The van der Waals surface area contributed by atoms with Gasteiger partial charge < -0.3 is 0 Å². The van der Waals surface area contributed by atoms with Gasteiger partial charge in [0.2, 0.25) is 0 Å². The van der Waals surface area contributed by atoms with Crippen LogP contribution in [0.4, 0.5) is 0 Å². The van der Waals surface area contributed by atoms with Crippen molar-refractivity contribution in [3.63, 3.8) is 0 Å². The summed E-state index contributed by atoms with van der Waals surface area (Å²) >= 11 is 0. The first-order valence-corrected chi connectivity index (χ1v) is 3.87. The van der Waals surface area contributed by atoms with Crippen LogP contribution in [-0.2, 0) is 0 Å². The lowest BCUT2D eigenvalue weighted by molar-refractivity contribution is 0.835. The number of hydrogen-bond acceptors (Lipinski definition) is 4. The Morgan fingerprint density at radius 2 is 2.15 bits per heavy atom. The first-order valence-electron chi connectivity index (χ1n) is 3.87.